The Morgan fingerprint density at radius 1 is 1.47 bits per heavy atom. The summed E-state index contributed by atoms with van der Waals surface area (Å²) in [5.74, 6) is -0.0250. The number of nitrogens with one attached hydrogen (secondary N) is 1. The van der Waals surface area contributed by atoms with Crippen molar-refractivity contribution in [3.63, 3.8) is 0 Å². The van der Waals surface area contributed by atoms with E-state index in [4.69, 9.17) is 4.74 Å². The summed E-state index contributed by atoms with van der Waals surface area (Å²) in [7, 11) is 1.47. The van der Waals surface area contributed by atoms with Gasteiger partial charge in [-0.1, -0.05) is 26.2 Å². The van der Waals surface area contributed by atoms with Gasteiger partial charge < -0.3 is 10.1 Å². The number of esters is 1. The van der Waals surface area contributed by atoms with Gasteiger partial charge in [0.1, 0.15) is 0 Å². The van der Waals surface area contributed by atoms with Crippen LogP contribution in [0.3, 0.4) is 0 Å². The summed E-state index contributed by atoms with van der Waals surface area (Å²) in [6.07, 6.45) is 7.14. The topological polar surface area (TPSA) is 38.3 Å². The molecular formula is C12H23NO2. The molecule has 15 heavy (non-hydrogen) atoms. The molecule has 0 spiro atoms. The van der Waals surface area contributed by atoms with Gasteiger partial charge >= 0.3 is 5.97 Å². The van der Waals surface area contributed by atoms with E-state index in [2.05, 4.69) is 12.2 Å². The first-order chi connectivity index (χ1) is 7.27. The van der Waals surface area contributed by atoms with E-state index in [1.54, 1.807) is 0 Å². The molecule has 0 aliphatic heterocycles. The number of carbonyl (C=O) groups is 1. The fourth-order valence-electron chi connectivity index (χ4n) is 2.26. The molecule has 0 bridgehead atoms. The summed E-state index contributed by atoms with van der Waals surface area (Å²) in [5.41, 5.74) is 0. The maximum Gasteiger partial charge on any atom is 0.309 e. The minimum Gasteiger partial charge on any atom is -0.469 e. The molecular weight excluding hydrogens is 190 g/mol. The Hall–Kier alpha value is -0.570. The average Bonchev–Trinajstić information content (AvgIpc) is 2.76. The summed E-state index contributed by atoms with van der Waals surface area (Å²) < 4.78 is 4.80. The van der Waals surface area contributed by atoms with Crippen LogP contribution in [-0.4, -0.2) is 25.7 Å². The van der Waals surface area contributed by atoms with E-state index in [9.17, 15) is 4.79 Å². The number of rotatable bonds is 6. The van der Waals surface area contributed by atoms with Gasteiger partial charge in [-0.25, -0.2) is 0 Å². The molecule has 3 nitrogen and oxygen atoms in total. The van der Waals surface area contributed by atoms with Crippen LogP contribution >= 0.6 is 0 Å². The molecule has 1 unspecified atom stereocenters. The first-order valence-electron chi connectivity index (χ1n) is 6.09. The van der Waals surface area contributed by atoms with Crippen molar-refractivity contribution in [1.29, 1.82) is 0 Å². The SMILES string of the molecule is CCCC(CNC1CCCC1)C(=O)OC. The van der Waals surface area contributed by atoms with Gasteiger partial charge in [-0.2, -0.15) is 0 Å². The highest BCUT2D eigenvalue weighted by Crippen LogP contribution is 2.18. The largest absolute Gasteiger partial charge is 0.469 e. The van der Waals surface area contributed by atoms with E-state index in [0.29, 0.717) is 6.04 Å². The van der Waals surface area contributed by atoms with E-state index in [0.717, 1.165) is 19.4 Å². The van der Waals surface area contributed by atoms with Gasteiger partial charge in [0.25, 0.3) is 0 Å². The predicted molar refractivity (Wildman–Crippen MR) is 60.7 cm³/mol. The van der Waals surface area contributed by atoms with E-state index in [1.807, 2.05) is 0 Å². The van der Waals surface area contributed by atoms with Gasteiger partial charge in [-0.05, 0) is 19.3 Å². The minimum atomic E-state index is -0.0673. The highest BCUT2D eigenvalue weighted by molar-refractivity contribution is 5.72. The van der Waals surface area contributed by atoms with E-state index < -0.39 is 0 Å². The lowest BCUT2D eigenvalue weighted by Crippen LogP contribution is -2.35. The zero-order valence-electron chi connectivity index (χ0n) is 9.92. The lowest BCUT2D eigenvalue weighted by atomic mass is 10.0. The second kappa shape index (κ2) is 6.83. The quantitative estimate of drug-likeness (QED) is 0.687. The number of carbonyl (C=O) groups excluding carboxylic acids is 1. The molecule has 0 amide bonds. The van der Waals surface area contributed by atoms with Crippen LogP contribution < -0.4 is 5.32 Å². The zero-order valence-corrected chi connectivity index (χ0v) is 9.92. The summed E-state index contributed by atoms with van der Waals surface area (Å²) in [5, 5.41) is 3.48. The van der Waals surface area contributed by atoms with E-state index in [-0.39, 0.29) is 11.9 Å². The standard InChI is InChI=1S/C12H23NO2/c1-3-6-10(12(14)15-2)9-13-11-7-4-5-8-11/h10-11,13H,3-9H2,1-2H3. The van der Waals surface area contributed by atoms with Crippen LogP contribution in [0.5, 0.6) is 0 Å². The number of ether oxygens (including phenoxy) is 1. The van der Waals surface area contributed by atoms with Crippen LogP contribution in [0.2, 0.25) is 0 Å². The van der Waals surface area contributed by atoms with Gasteiger partial charge in [0, 0.05) is 12.6 Å². The van der Waals surface area contributed by atoms with Gasteiger partial charge in [-0.15, -0.1) is 0 Å². The first kappa shape index (κ1) is 12.5. The van der Waals surface area contributed by atoms with E-state index in [1.165, 1.54) is 32.8 Å². The van der Waals surface area contributed by atoms with Crippen LogP contribution in [0.25, 0.3) is 0 Å². The molecule has 0 saturated heterocycles. The third-order valence-electron chi connectivity index (χ3n) is 3.18. The maximum atomic E-state index is 11.4. The van der Waals surface area contributed by atoms with Crippen LogP contribution in [0, 0.1) is 5.92 Å². The Morgan fingerprint density at radius 3 is 2.67 bits per heavy atom. The van der Waals surface area contributed by atoms with Gasteiger partial charge in [-0.3, -0.25) is 4.79 Å². The molecule has 0 aromatic heterocycles. The molecule has 3 heteroatoms. The van der Waals surface area contributed by atoms with Crippen molar-refractivity contribution in [1.82, 2.24) is 5.32 Å². The zero-order chi connectivity index (χ0) is 11.1. The van der Waals surface area contributed by atoms with Gasteiger partial charge in [0.2, 0.25) is 0 Å². The lowest BCUT2D eigenvalue weighted by Gasteiger charge is -2.17. The molecule has 1 aliphatic rings. The van der Waals surface area contributed by atoms with Gasteiger partial charge in [0.05, 0.1) is 13.0 Å². The van der Waals surface area contributed by atoms with E-state index >= 15 is 0 Å². The monoisotopic (exact) mass is 213 g/mol. The van der Waals surface area contributed by atoms with Crippen molar-refractivity contribution in [3.05, 3.63) is 0 Å². The molecule has 1 aliphatic carbocycles. The van der Waals surface area contributed by atoms with Crippen molar-refractivity contribution in [3.8, 4) is 0 Å². The van der Waals surface area contributed by atoms with Crippen molar-refractivity contribution in [2.24, 2.45) is 5.92 Å². The Balaban J connectivity index is 2.26. The Kier molecular flexibility index (Phi) is 5.69. The molecule has 88 valence electrons. The fraction of sp³-hybridized carbons (Fsp3) is 0.917. The molecule has 1 rings (SSSR count). The molecule has 1 saturated carbocycles. The van der Waals surface area contributed by atoms with Crippen molar-refractivity contribution < 1.29 is 9.53 Å². The van der Waals surface area contributed by atoms with Crippen molar-refractivity contribution >= 4 is 5.97 Å². The number of methoxy groups -OCH3 is 1. The minimum absolute atomic E-state index is 0.0422. The lowest BCUT2D eigenvalue weighted by molar-refractivity contribution is -0.145. The molecule has 1 N–H and O–H groups in total. The fourth-order valence-corrected chi connectivity index (χ4v) is 2.26. The Bertz CT molecular complexity index is 188. The molecule has 0 aromatic carbocycles. The second-order valence-corrected chi connectivity index (χ2v) is 4.40. The highest BCUT2D eigenvalue weighted by Gasteiger charge is 2.21. The smallest absolute Gasteiger partial charge is 0.309 e. The number of hydrogen-bond acceptors (Lipinski definition) is 3. The van der Waals surface area contributed by atoms with Crippen LogP contribution in [0.15, 0.2) is 0 Å². The predicted octanol–water partition coefficient (Wildman–Crippen LogP) is 2.11. The summed E-state index contributed by atoms with van der Waals surface area (Å²) in [6, 6.07) is 0.633. The molecule has 0 heterocycles. The molecule has 0 radical (unpaired) electrons. The normalized spacial score (nSPS) is 19.1. The summed E-state index contributed by atoms with van der Waals surface area (Å²) in [6.45, 7) is 2.89. The van der Waals surface area contributed by atoms with Crippen LogP contribution in [0.4, 0.5) is 0 Å². The van der Waals surface area contributed by atoms with Crippen molar-refractivity contribution in [2.75, 3.05) is 13.7 Å². The first-order valence-corrected chi connectivity index (χ1v) is 6.09. The van der Waals surface area contributed by atoms with Crippen LogP contribution in [-0.2, 0) is 9.53 Å². The average molecular weight is 213 g/mol. The maximum absolute atomic E-state index is 11.4. The highest BCUT2D eigenvalue weighted by atomic mass is 16.5. The Labute approximate surface area is 92.6 Å². The summed E-state index contributed by atoms with van der Waals surface area (Å²) >= 11 is 0. The molecule has 1 atom stereocenters. The second-order valence-electron chi connectivity index (χ2n) is 4.40. The molecule has 1 fully saturated rings. The third kappa shape index (κ3) is 4.20. The third-order valence-corrected chi connectivity index (χ3v) is 3.18. The Morgan fingerprint density at radius 2 is 2.13 bits per heavy atom. The van der Waals surface area contributed by atoms with Crippen LogP contribution in [0.1, 0.15) is 45.4 Å². The molecule has 0 aromatic rings. The van der Waals surface area contributed by atoms with Gasteiger partial charge in [0.15, 0.2) is 0 Å². The van der Waals surface area contributed by atoms with Crippen molar-refractivity contribution in [2.45, 2.75) is 51.5 Å². The number of hydrogen-bond donors (Lipinski definition) is 1. The summed E-state index contributed by atoms with van der Waals surface area (Å²) in [4.78, 5) is 11.4.